The number of halogens is 2. The monoisotopic (exact) mass is 422 g/mol. The third-order valence-electron chi connectivity index (χ3n) is 6.48. The van der Waals surface area contributed by atoms with Crippen molar-refractivity contribution in [1.82, 2.24) is 9.80 Å². The summed E-state index contributed by atoms with van der Waals surface area (Å²) < 4.78 is 14.4. The molecule has 1 aliphatic heterocycles. The van der Waals surface area contributed by atoms with Gasteiger partial charge in [0.2, 0.25) is 17.7 Å². The lowest BCUT2D eigenvalue weighted by Gasteiger charge is -2.42. The summed E-state index contributed by atoms with van der Waals surface area (Å²) in [4.78, 5) is 39.8. The number of rotatable bonds is 6. The zero-order valence-corrected chi connectivity index (χ0v) is 17.8. The van der Waals surface area contributed by atoms with E-state index in [1.165, 1.54) is 11.0 Å². The van der Waals surface area contributed by atoms with E-state index in [0.29, 0.717) is 16.5 Å². The summed E-state index contributed by atoms with van der Waals surface area (Å²) in [6.45, 7) is 4.48. The molecule has 29 heavy (non-hydrogen) atoms. The van der Waals surface area contributed by atoms with Crippen molar-refractivity contribution in [3.05, 3.63) is 34.6 Å². The van der Waals surface area contributed by atoms with E-state index in [4.69, 9.17) is 11.6 Å². The number of imide groups is 1. The number of carbonyl (C=O) groups excluding carboxylic acids is 3. The molecule has 0 spiro atoms. The summed E-state index contributed by atoms with van der Waals surface area (Å²) in [5, 5.41) is 0.296. The Morgan fingerprint density at radius 3 is 2.55 bits per heavy atom. The Bertz CT molecular complexity index is 764. The van der Waals surface area contributed by atoms with Gasteiger partial charge in [0.25, 0.3) is 0 Å². The van der Waals surface area contributed by atoms with Gasteiger partial charge in [0.05, 0.1) is 6.54 Å². The van der Waals surface area contributed by atoms with Gasteiger partial charge in [-0.3, -0.25) is 19.3 Å². The Labute approximate surface area is 176 Å². The smallest absolute Gasteiger partial charge is 0.229 e. The van der Waals surface area contributed by atoms with Crippen LogP contribution in [-0.4, -0.2) is 40.1 Å². The largest absolute Gasteiger partial charge is 0.335 e. The van der Waals surface area contributed by atoms with Gasteiger partial charge in [0.1, 0.15) is 5.82 Å². The Kier molecular flexibility index (Phi) is 6.93. The molecule has 0 bridgehead atoms. The second kappa shape index (κ2) is 9.24. The third-order valence-corrected chi connectivity index (χ3v) is 6.83. The molecule has 158 valence electrons. The molecule has 1 aromatic rings. The van der Waals surface area contributed by atoms with Crippen LogP contribution >= 0.6 is 11.6 Å². The zero-order valence-electron chi connectivity index (χ0n) is 17.0. The fraction of sp³-hybridized carbons (Fsp3) is 0.591. The number of hydrogen-bond donors (Lipinski definition) is 0. The highest BCUT2D eigenvalue weighted by Crippen LogP contribution is 2.35. The summed E-state index contributed by atoms with van der Waals surface area (Å²) >= 11 is 6.23. The van der Waals surface area contributed by atoms with Crippen LogP contribution in [0.3, 0.4) is 0 Å². The second-order valence-corrected chi connectivity index (χ2v) is 8.65. The van der Waals surface area contributed by atoms with Gasteiger partial charge in [0, 0.05) is 42.4 Å². The molecule has 1 aliphatic carbocycles. The molecular formula is C22H28ClFN2O3. The average Bonchev–Trinajstić information content (AvgIpc) is 3.00. The molecule has 3 atom stereocenters. The number of nitrogens with zero attached hydrogens (tertiary/aromatic N) is 2. The van der Waals surface area contributed by atoms with E-state index >= 15 is 0 Å². The van der Waals surface area contributed by atoms with Crippen LogP contribution < -0.4 is 0 Å². The number of amides is 3. The third kappa shape index (κ3) is 4.80. The number of likely N-dealkylation sites (tertiary alicyclic amines) is 1. The number of benzene rings is 1. The predicted molar refractivity (Wildman–Crippen MR) is 108 cm³/mol. The van der Waals surface area contributed by atoms with Crippen LogP contribution in [0.2, 0.25) is 5.02 Å². The van der Waals surface area contributed by atoms with Crippen molar-refractivity contribution >= 4 is 29.3 Å². The van der Waals surface area contributed by atoms with Crippen LogP contribution in [0.4, 0.5) is 4.39 Å². The van der Waals surface area contributed by atoms with Gasteiger partial charge in [0.15, 0.2) is 0 Å². The summed E-state index contributed by atoms with van der Waals surface area (Å²) in [5.74, 6) is -0.341. The van der Waals surface area contributed by atoms with Gasteiger partial charge < -0.3 is 4.90 Å². The fourth-order valence-electron chi connectivity index (χ4n) is 4.46. The van der Waals surface area contributed by atoms with Crippen molar-refractivity contribution < 1.29 is 18.8 Å². The van der Waals surface area contributed by atoms with Crippen molar-refractivity contribution in [2.45, 2.75) is 65.0 Å². The van der Waals surface area contributed by atoms with Crippen molar-refractivity contribution in [2.75, 3.05) is 6.54 Å². The lowest BCUT2D eigenvalue weighted by atomic mass is 9.77. The molecule has 1 saturated heterocycles. The van der Waals surface area contributed by atoms with Crippen molar-refractivity contribution in [3.8, 4) is 0 Å². The highest BCUT2D eigenvalue weighted by atomic mass is 35.5. The van der Waals surface area contributed by atoms with Gasteiger partial charge in [-0.15, -0.1) is 0 Å². The second-order valence-electron chi connectivity index (χ2n) is 8.25. The molecule has 1 saturated carbocycles. The van der Waals surface area contributed by atoms with E-state index in [0.717, 1.165) is 19.3 Å². The lowest BCUT2D eigenvalue weighted by Crippen LogP contribution is -2.48. The van der Waals surface area contributed by atoms with Gasteiger partial charge in [-0.2, -0.15) is 0 Å². The minimum Gasteiger partial charge on any atom is -0.335 e. The Morgan fingerprint density at radius 1 is 1.21 bits per heavy atom. The van der Waals surface area contributed by atoms with Crippen LogP contribution in [-0.2, 0) is 20.9 Å². The summed E-state index contributed by atoms with van der Waals surface area (Å²) in [5.41, 5.74) is 0.307. The molecule has 3 rings (SSSR count). The van der Waals surface area contributed by atoms with Gasteiger partial charge >= 0.3 is 0 Å². The molecule has 2 fully saturated rings. The normalized spacial score (nSPS) is 24.8. The van der Waals surface area contributed by atoms with Crippen LogP contribution in [0.25, 0.3) is 0 Å². The molecule has 3 unspecified atom stereocenters. The summed E-state index contributed by atoms with van der Waals surface area (Å²) in [7, 11) is 0. The van der Waals surface area contributed by atoms with E-state index in [-0.39, 0.29) is 62.0 Å². The minimum atomic E-state index is -0.434. The number of carbonyl (C=O) groups is 3. The molecule has 0 aromatic heterocycles. The molecule has 7 heteroatoms. The molecule has 3 amide bonds. The molecule has 0 N–H and O–H groups in total. The Morgan fingerprint density at radius 2 is 1.90 bits per heavy atom. The molecule has 2 aliphatic rings. The highest BCUT2D eigenvalue weighted by molar-refractivity contribution is 6.31. The van der Waals surface area contributed by atoms with E-state index in [1.807, 2.05) is 0 Å². The predicted octanol–water partition coefficient (Wildman–Crippen LogP) is 4.17. The first-order chi connectivity index (χ1) is 13.8. The van der Waals surface area contributed by atoms with Crippen LogP contribution in [0, 0.1) is 17.7 Å². The van der Waals surface area contributed by atoms with Crippen LogP contribution in [0.15, 0.2) is 18.2 Å². The molecule has 1 heterocycles. The summed E-state index contributed by atoms with van der Waals surface area (Å²) in [6.07, 6.45) is 3.43. The molecule has 0 radical (unpaired) electrons. The first-order valence-electron chi connectivity index (χ1n) is 10.3. The maximum absolute atomic E-state index is 14.4. The quantitative estimate of drug-likeness (QED) is 0.646. The average molecular weight is 423 g/mol. The topological polar surface area (TPSA) is 57.7 Å². The van der Waals surface area contributed by atoms with E-state index < -0.39 is 5.82 Å². The zero-order chi connectivity index (χ0) is 21.1. The number of hydrogen-bond acceptors (Lipinski definition) is 3. The molecular weight excluding hydrogens is 395 g/mol. The van der Waals surface area contributed by atoms with Gasteiger partial charge in [-0.25, -0.2) is 4.39 Å². The van der Waals surface area contributed by atoms with Crippen molar-refractivity contribution in [2.24, 2.45) is 11.8 Å². The summed E-state index contributed by atoms with van der Waals surface area (Å²) in [6, 6.07) is 4.49. The van der Waals surface area contributed by atoms with Gasteiger partial charge in [-0.1, -0.05) is 44.4 Å². The van der Waals surface area contributed by atoms with Crippen molar-refractivity contribution in [3.63, 3.8) is 0 Å². The van der Waals surface area contributed by atoms with Crippen molar-refractivity contribution in [1.29, 1.82) is 0 Å². The SMILES string of the molecule is CC1CCCC(N(Cc2c(F)cccc2Cl)C(=O)CCN2C(=O)CCC2=O)C1C. The highest BCUT2D eigenvalue weighted by Gasteiger charge is 2.36. The van der Waals surface area contributed by atoms with Gasteiger partial charge in [-0.05, 0) is 30.4 Å². The maximum Gasteiger partial charge on any atom is 0.229 e. The minimum absolute atomic E-state index is 0.0214. The maximum atomic E-state index is 14.4. The molecule has 1 aromatic carbocycles. The molecule has 5 nitrogen and oxygen atoms in total. The fourth-order valence-corrected chi connectivity index (χ4v) is 4.68. The first kappa shape index (κ1) is 21.8. The first-order valence-corrected chi connectivity index (χ1v) is 10.7. The van der Waals surface area contributed by atoms with E-state index in [1.54, 1.807) is 17.0 Å². The van der Waals surface area contributed by atoms with Crippen LogP contribution in [0.5, 0.6) is 0 Å². The standard InChI is InChI=1S/C22H28ClFN2O3/c1-14-5-3-8-19(15(14)2)26(13-16-17(23)6-4-7-18(16)24)22(29)11-12-25-20(27)9-10-21(25)28/h4,6-7,14-15,19H,3,5,8-13H2,1-2H3. The lowest BCUT2D eigenvalue weighted by molar-refractivity contribution is -0.141. The Hall–Kier alpha value is -1.95. The Balaban J connectivity index is 1.81. The van der Waals surface area contributed by atoms with Crippen LogP contribution in [0.1, 0.15) is 57.9 Å². The van der Waals surface area contributed by atoms with E-state index in [2.05, 4.69) is 13.8 Å². The van der Waals surface area contributed by atoms with E-state index in [9.17, 15) is 18.8 Å².